The normalized spacial score (nSPS) is 25.4. The molecular formula is C12H18BrNO3. The molecule has 1 rings (SSSR count). The maximum Gasteiger partial charge on any atom is 0.254 e. The molecule has 1 aliphatic heterocycles. The summed E-state index contributed by atoms with van der Waals surface area (Å²) in [4.78, 5) is 13.4. The van der Waals surface area contributed by atoms with Crippen molar-refractivity contribution in [2.75, 3.05) is 13.7 Å². The highest BCUT2D eigenvalue weighted by Crippen LogP contribution is 2.29. The first-order chi connectivity index (χ1) is 8.02. The van der Waals surface area contributed by atoms with Crippen LogP contribution in [0.25, 0.3) is 0 Å². The maximum atomic E-state index is 11.7. The molecule has 0 radical (unpaired) electrons. The number of carbonyl (C=O) groups is 1. The van der Waals surface area contributed by atoms with Crippen molar-refractivity contribution in [2.24, 2.45) is 0 Å². The fourth-order valence-corrected chi connectivity index (χ4v) is 2.36. The SMILES string of the molecule is C=CCCN1C(=O)[C@H](OC)[C@@H]1[C@H](O)CC(=C)Br. The summed E-state index contributed by atoms with van der Waals surface area (Å²) < 4.78 is 5.81. The molecule has 17 heavy (non-hydrogen) atoms. The van der Waals surface area contributed by atoms with E-state index in [-0.39, 0.29) is 11.9 Å². The molecule has 5 heteroatoms. The Labute approximate surface area is 110 Å². The third-order valence-corrected chi connectivity index (χ3v) is 3.17. The van der Waals surface area contributed by atoms with Gasteiger partial charge in [-0.3, -0.25) is 4.79 Å². The van der Waals surface area contributed by atoms with Crippen LogP contribution in [0.2, 0.25) is 0 Å². The molecule has 0 aliphatic carbocycles. The van der Waals surface area contributed by atoms with Crippen LogP contribution in [-0.2, 0) is 9.53 Å². The smallest absolute Gasteiger partial charge is 0.254 e. The van der Waals surface area contributed by atoms with E-state index in [4.69, 9.17) is 4.74 Å². The zero-order chi connectivity index (χ0) is 13.0. The number of amides is 1. The summed E-state index contributed by atoms with van der Waals surface area (Å²) in [6, 6.07) is -0.290. The Morgan fingerprint density at radius 3 is 2.88 bits per heavy atom. The van der Waals surface area contributed by atoms with Gasteiger partial charge >= 0.3 is 0 Å². The molecule has 0 saturated carbocycles. The number of hydrogen-bond donors (Lipinski definition) is 1. The molecule has 96 valence electrons. The molecule has 3 atom stereocenters. The number of β-lactam (4-membered cyclic amide) rings is 1. The number of aliphatic hydroxyl groups excluding tert-OH is 1. The predicted octanol–water partition coefficient (Wildman–Crippen LogP) is 1.45. The Hall–Kier alpha value is -0.650. The zero-order valence-electron chi connectivity index (χ0n) is 9.93. The Morgan fingerprint density at radius 2 is 2.41 bits per heavy atom. The minimum atomic E-state index is -0.658. The number of rotatable bonds is 7. The quantitative estimate of drug-likeness (QED) is 0.572. The number of methoxy groups -OCH3 is 1. The van der Waals surface area contributed by atoms with Crippen LogP contribution in [0.3, 0.4) is 0 Å². The van der Waals surface area contributed by atoms with E-state index in [1.165, 1.54) is 7.11 Å². The average Bonchev–Trinajstić information content (AvgIpc) is 2.25. The van der Waals surface area contributed by atoms with E-state index in [0.29, 0.717) is 23.9 Å². The fourth-order valence-electron chi connectivity index (χ4n) is 2.02. The Morgan fingerprint density at radius 1 is 1.76 bits per heavy atom. The molecule has 1 amide bonds. The highest BCUT2D eigenvalue weighted by atomic mass is 79.9. The van der Waals surface area contributed by atoms with Gasteiger partial charge in [0.2, 0.25) is 0 Å². The molecule has 0 aromatic rings. The molecule has 0 aromatic carbocycles. The second-order valence-electron chi connectivity index (χ2n) is 4.04. The average molecular weight is 304 g/mol. The van der Waals surface area contributed by atoms with Crippen LogP contribution in [0, 0.1) is 0 Å². The first-order valence-corrected chi connectivity index (χ1v) is 6.27. The van der Waals surface area contributed by atoms with Gasteiger partial charge in [0, 0.05) is 20.1 Å². The second kappa shape index (κ2) is 6.33. The molecule has 0 aromatic heterocycles. The lowest BCUT2D eigenvalue weighted by atomic mass is 9.90. The zero-order valence-corrected chi connectivity index (χ0v) is 11.5. The molecule has 1 N–H and O–H groups in total. The van der Waals surface area contributed by atoms with E-state index >= 15 is 0 Å². The highest BCUT2D eigenvalue weighted by molar-refractivity contribution is 9.11. The molecular weight excluding hydrogens is 286 g/mol. The summed E-state index contributed by atoms with van der Waals surface area (Å²) in [7, 11) is 1.48. The lowest BCUT2D eigenvalue weighted by molar-refractivity contribution is -0.180. The third-order valence-electron chi connectivity index (χ3n) is 2.85. The molecule has 1 saturated heterocycles. The fraction of sp³-hybridized carbons (Fsp3) is 0.583. The van der Waals surface area contributed by atoms with Crippen LogP contribution in [0.15, 0.2) is 23.7 Å². The number of carbonyl (C=O) groups excluding carboxylic acids is 1. The van der Waals surface area contributed by atoms with Crippen LogP contribution in [0.1, 0.15) is 12.8 Å². The van der Waals surface area contributed by atoms with Crippen molar-refractivity contribution in [3.05, 3.63) is 23.7 Å². The summed E-state index contributed by atoms with van der Waals surface area (Å²) in [5.41, 5.74) is 0. The summed E-state index contributed by atoms with van der Waals surface area (Å²) in [5.74, 6) is -0.0708. The number of likely N-dealkylation sites (tertiary alicyclic amines) is 1. The van der Waals surface area contributed by atoms with Gasteiger partial charge in [0.15, 0.2) is 6.10 Å². The Bertz CT molecular complexity index is 319. The van der Waals surface area contributed by atoms with E-state index in [1.807, 2.05) is 0 Å². The molecule has 4 nitrogen and oxygen atoms in total. The van der Waals surface area contributed by atoms with Gasteiger partial charge in [-0.2, -0.15) is 0 Å². The standard InChI is InChI=1S/C12H18BrNO3/c1-4-5-6-14-10(9(15)7-8(2)13)11(17-3)12(14)16/h4,9-11,15H,1-2,5-7H2,3H3/t9-,10+,11-/m1/s1. The first kappa shape index (κ1) is 14.4. The van der Waals surface area contributed by atoms with E-state index in [2.05, 4.69) is 29.1 Å². The van der Waals surface area contributed by atoms with Crippen molar-refractivity contribution in [1.82, 2.24) is 4.90 Å². The van der Waals surface area contributed by atoms with E-state index < -0.39 is 12.2 Å². The summed E-state index contributed by atoms with van der Waals surface area (Å²) in [5, 5.41) is 10.0. The number of halogens is 1. The van der Waals surface area contributed by atoms with E-state index in [0.717, 1.165) is 0 Å². The molecule has 1 heterocycles. The Kier molecular flexibility index (Phi) is 5.36. The van der Waals surface area contributed by atoms with Crippen molar-refractivity contribution in [1.29, 1.82) is 0 Å². The first-order valence-electron chi connectivity index (χ1n) is 5.48. The lowest BCUT2D eigenvalue weighted by Crippen LogP contribution is -2.69. The minimum absolute atomic E-state index is 0.0708. The molecule has 0 spiro atoms. The van der Waals surface area contributed by atoms with Crippen LogP contribution in [0.4, 0.5) is 0 Å². The molecule has 1 aliphatic rings. The second-order valence-corrected chi connectivity index (χ2v) is 5.17. The molecule has 0 bridgehead atoms. The maximum absolute atomic E-state index is 11.7. The van der Waals surface area contributed by atoms with Gasteiger partial charge in [-0.1, -0.05) is 28.6 Å². The van der Waals surface area contributed by atoms with Crippen LogP contribution < -0.4 is 0 Å². The highest BCUT2D eigenvalue weighted by Gasteiger charge is 2.50. The summed E-state index contributed by atoms with van der Waals surface area (Å²) in [6.45, 7) is 7.88. The van der Waals surface area contributed by atoms with Crippen LogP contribution in [-0.4, -0.2) is 47.8 Å². The van der Waals surface area contributed by atoms with Gasteiger partial charge in [-0.25, -0.2) is 0 Å². The van der Waals surface area contributed by atoms with Gasteiger partial charge in [-0.15, -0.1) is 6.58 Å². The monoisotopic (exact) mass is 303 g/mol. The van der Waals surface area contributed by atoms with Crippen LogP contribution >= 0.6 is 15.9 Å². The lowest BCUT2D eigenvalue weighted by Gasteiger charge is -2.48. The van der Waals surface area contributed by atoms with Crippen molar-refractivity contribution in [3.63, 3.8) is 0 Å². The topological polar surface area (TPSA) is 49.8 Å². The summed E-state index contributed by atoms with van der Waals surface area (Å²) >= 11 is 3.21. The Balaban J connectivity index is 2.66. The van der Waals surface area contributed by atoms with Gasteiger partial charge in [0.1, 0.15) is 0 Å². The van der Waals surface area contributed by atoms with Gasteiger partial charge in [-0.05, 0) is 10.9 Å². The van der Waals surface area contributed by atoms with E-state index in [1.54, 1.807) is 11.0 Å². The number of aliphatic hydroxyl groups is 1. The number of hydrogen-bond acceptors (Lipinski definition) is 3. The van der Waals surface area contributed by atoms with Gasteiger partial charge < -0.3 is 14.7 Å². The molecule has 0 unspecified atom stereocenters. The minimum Gasteiger partial charge on any atom is -0.390 e. The van der Waals surface area contributed by atoms with E-state index in [9.17, 15) is 9.90 Å². The predicted molar refractivity (Wildman–Crippen MR) is 69.8 cm³/mol. The van der Waals surface area contributed by atoms with Crippen molar-refractivity contribution in [2.45, 2.75) is 31.1 Å². The largest absolute Gasteiger partial charge is 0.390 e. The van der Waals surface area contributed by atoms with Crippen molar-refractivity contribution < 1.29 is 14.6 Å². The number of ether oxygens (including phenoxy) is 1. The van der Waals surface area contributed by atoms with Gasteiger partial charge in [0.25, 0.3) is 5.91 Å². The summed E-state index contributed by atoms with van der Waals surface area (Å²) in [6.07, 6.45) is 1.67. The van der Waals surface area contributed by atoms with Crippen LogP contribution in [0.5, 0.6) is 0 Å². The number of nitrogens with zero attached hydrogens (tertiary/aromatic N) is 1. The third kappa shape index (κ3) is 3.18. The van der Waals surface area contributed by atoms with Gasteiger partial charge in [0.05, 0.1) is 12.1 Å². The van der Waals surface area contributed by atoms with Crippen molar-refractivity contribution >= 4 is 21.8 Å². The molecule has 1 fully saturated rings. The van der Waals surface area contributed by atoms with Crippen molar-refractivity contribution in [3.8, 4) is 0 Å².